The number of fused-ring (bicyclic) bond motifs is 1. The number of nitrogens with one attached hydrogen (secondary N) is 1. The van der Waals surface area contributed by atoms with Crippen molar-refractivity contribution in [3.05, 3.63) is 23.8 Å². The number of aryl methyl sites for hydroxylation is 1. The summed E-state index contributed by atoms with van der Waals surface area (Å²) in [7, 11) is 0. The van der Waals surface area contributed by atoms with Gasteiger partial charge in [0.2, 0.25) is 0 Å². The molecule has 2 aliphatic rings. The van der Waals surface area contributed by atoms with Gasteiger partial charge < -0.3 is 11.1 Å². The predicted molar refractivity (Wildman–Crippen MR) is 70.1 cm³/mol. The molecule has 3 heteroatoms. The van der Waals surface area contributed by atoms with E-state index in [1.54, 1.807) is 0 Å². The Labute approximate surface area is 101 Å². The third kappa shape index (κ3) is 2.20. The van der Waals surface area contributed by atoms with E-state index >= 15 is 0 Å². The first-order chi connectivity index (χ1) is 7.75. The maximum Gasteiger partial charge on any atom is 0.0344 e. The predicted octanol–water partition coefficient (Wildman–Crippen LogP) is 2.63. The molecule has 1 aromatic carbocycles. The molecular formula is C13H18N2S. The minimum Gasteiger partial charge on any atom is -0.383 e. The van der Waals surface area contributed by atoms with Gasteiger partial charge in [-0.25, -0.2) is 0 Å². The molecule has 0 atom stereocenters. The molecule has 0 bridgehead atoms. The number of anilines is 1. The molecule has 0 amide bonds. The van der Waals surface area contributed by atoms with Crippen molar-refractivity contribution in [2.75, 3.05) is 17.6 Å². The first kappa shape index (κ1) is 10.5. The van der Waals surface area contributed by atoms with Gasteiger partial charge in [-0.2, -0.15) is 0 Å². The molecule has 0 saturated heterocycles. The van der Waals surface area contributed by atoms with Crippen LogP contribution in [0.5, 0.6) is 0 Å². The Hall–Kier alpha value is -0.670. The molecule has 3 rings (SSSR count). The fourth-order valence-corrected chi connectivity index (χ4v) is 3.10. The van der Waals surface area contributed by atoms with Crippen LogP contribution in [0.1, 0.15) is 24.8 Å². The Morgan fingerprint density at radius 3 is 3.06 bits per heavy atom. The lowest BCUT2D eigenvalue weighted by molar-refractivity contribution is 0.713. The molecule has 86 valence electrons. The van der Waals surface area contributed by atoms with Crippen LogP contribution in [-0.4, -0.2) is 17.8 Å². The summed E-state index contributed by atoms with van der Waals surface area (Å²) in [4.78, 5) is 1.46. The zero-order valence-electron chi connectivity index (χ0n) is 9.46. The summed E-state index contributed by atoms with van der Waals surface area (Å²) in [5.74, 6) is 1.27. The summed E-state index contributed by atoms with van der Waals surface area (Å²) in [6, 6.07) is 6.73. The lowest BCUT2D eigenvalue weighted by Gasteiger charge is -2.17. The quantitative estimate of drug-likeness (QED) is 0.844. The number of thioether (sulfide) groups is 1. The molecule has 1 saturated carbocycles. The van der Waals surface area contributed by atoms with Crippen LogP contribution < -0.4 is 11.1 Å². The van der Waals surface area contributed by atoms with E-state index in [9.17, 15) is 0 Å². The average molecular weight is 234 g/mol. The molecule has 1 aromatic rings. The summed E-state index contributed by atoms with van der Waals surface area (Å²) in [5, 5.41) is 3.46. The molecule has 1 heterocycles. The van der Waals surface area contributed by atoms with Crippen LogP contribution in [0.4, 0.5) is 5.69 Å². The number of nitrogens with two attached hydrogens (primary N) is 1. The Kier molecular flexibility index (Phi) is 2.60. The van der Waals surface area contributed by atoms with Gasteiger partial charge in [-0.05, 0) is 55.2 Å². The summed E-state index contributed by atoms with van der Waals surface area (Å²) in [6.45, 7) is 0.916. The number of hydrogen-bond donors (Lipinski definition) is 2. The van der Waals surface area contributed by atoms with Gasteiger partial charge in [0.25, 0.3) is 0 Å². The SMILES string of the molecule is NC1(CNc2ccc3c(c2)CCCS3)CC1. The van der Waals surface area contributed by atoms with Crippen molar-refractivity contribution in [2.24, 2.45) is 5.73 Å². The van der Waals surface area contributed by atoms with E-state index in [0.29, 0.717) is 0 Å². The maximum absolute atomic E-state index is 6.07. The van der Waals surface area contributed by atoms with Crippen LogP contribution in [0.2, 0.25) is 0 Å². The van der Waals surface area contributed by atoms with Crippen molar-refractivity contribution in [3.63, 3.8) is 0 Å². The Morgan fingerprint density at radius 1 is 1.38 bits per heavy atom. The first-order valence-electron chi connectivity index (χ1n) is 6.04. The van der Waals surface area contributed by atoms with Crippen LogP contribution in [0.25, 0.3) is 0 Å². The van der Waals surface area contributed by atoms with E-state index in [4.69, 9.17) is 5.73 Å². The third-order valence-electron chi connectivity index (χ3n) is 3.45. The second kappa shape index (κ2) is 3.97. The minimum atomic E-state index is 0.0879. The topological polar surface area (TPSA) is 38.0 Å². The van der Waals surface area contributed by atoms with Crippen LogP contribution in [0, 0.1) is 0 Å². The molecule has 1 aliphatic carbocycles. The largest absolute Gasteiger partial charge is 0.383 e. The number of benzene rings is 1. The lowest BCUT2D eigenvalue weighted by atomic mass is 10.1. The van der Waals surface area contributed by atoms with E-state index in [-0.39, 0.29) is 5.54 Å². The van der Waals surface area contributed by atoms with E-state index in [0.717, 1.165) is 6.54 Å². The van der Waals surface area contributed by atoms with Gasteiger partial charge >= 0.3 is 0 Å². The van der Waals surface area contributed by atoms with Crippen LogP contribution in [-0.2, 0) is 6.42 Å². The fraction of sp³-hybridized carbons (Fsp3) is 0.538. The van der Waals surface area contributed by atoms with Crippen LogP contribution in [0.15, 0.2) is 23.1 Å². The second-order valence-electron chi connectivity index (χ2n) is 4.99. The second-order valence-corrected chi connectivity index (χ2v) is 6.13. The highest BCUT2D eigenvalue weighted by Crippen LogP contribution is 2.34. The van der Waals surface area contributed by atoms with Gasteiger partial charge in [0.05, 0.1) is 0 Å². The number of rotatable bonds is 3. The molecule has 0 aromatic heterocycles. The Morgan fingerprint density at radius 2 is 2.25 bits per heavy atom. The first-order valence-corrected chi connectivity index (χ1v) is 7.02. The van der Waals surface area contributed by atoms with E-state index in [1.807, 2.05) is 11.8 Å². The summed E-state index contributed by atoms with van der Waals surface area (Å²) in [6.07, 6.45) is 4.87. The van der Waals surface area contributed by atoms with Gasteiger partial charge in [0.15, 0.2) is 0 Å². The molecule has 0 radical (unpaired) electrons. The molecule has 2 nitrogen and oxygen atoms in total. The standard InChI is InChI=1S/C13H18N2S/c14-13(5-6-13)9-15-11-3-4-12-10(8-11)2-1-7-16-12/h3-4,8,15H,1-2,5-7,9,14H2. The summed E-state index contributed by atoms with van der Waals surface area (Å²) >= 11 is 1.98. The maximum atomic E-state index is 6.07. The monoisotopic (exact) mass is 234 g/mol. The third-order valence-corrected chi connectivity index (χ3v) is 4.65. The molecule has 0 unspecified atom stereocenters. The summed E-state index contributed by atoms with van der Waals surface area (Å²) in [5.41, 5.74) is 8.89. The molecule has 1 fully saturated rings. The highest BCUT2D eigenvalue weighted by Gasteiger charge is 2.37. The van der Waals surface area contributed by atoms with Crippen molar-refractivity contribution >= 4 is 17.4 Å². The molecule has 16 heavy (non-hydrogen) atoms. The molecule has 1 aliphatic heterocycles. The fourth-order valence-electron chi connectivity index (χ4n) is 2.09. The van der Waals surface area contributed by atoms with Gasteiger partial charge in [0.1, 0.15) is 0 Å². The lowest BCUT2D eigenvalue weighted by Crippen LogP contribution is -2.31. The Bertz CT molecular complexity index is 399. The average Bonchev–Trinajstić information content (AvgIpc) is 3.05. The smallest absolute Gasteiger partial charge is 0.0344 e. The van der Waals surface area contributed by atoms with E-state index in [1.165, 1.54) is 47.6 Å². The van der Waals surface area contributed by atoms with Crippen molar-refractivity contribution in [3.8, 4) is 0 Å². The zero-order chi connectivity index (χ0) is 11.0. The normalized spacial score (nSPS) is 21.3. The van der Waals surface area contributed by atoms with Crippen molar-refractivity contribution in [1.29, 1.82) is 0 Å². The summed E-state index contributed by atoms with van der Waals surface area (Å²) < 4.78 is 0. The van der Waals surface area contributed by atoms with Gasteiger partial charge in [0, 0.05) is 22.7 Å². The van der Waals surface area contributed by atoms with Gasteiger partial charge in [-0.1, -0.05) is 0 Å². The van der Waals surface area contributed by atoms with Crippen LogP contribution >= 0.6 is 11.8 Å². The van der Waals surface area contributed by atoms with E-state index < -0.39 is 0 Å². The molecule has 0 spiro atoms. The molecule has 3 N–H and O–H groups in total. The van der Waals surface area contributed by atoms with Gasteiger partial charge in [-0.15, -0.1) is 11.8 Å². The zero-order valence-corrected chi connectivity index (χ0v) is 10.3. The highest BCUT2D eigenvalue weighted by molar-refractivity contribution is 7.99. The van der Waals surface area contributed by atoms with Crippen molar-refractivity contribution in [2.45, 2.75) is 36.1 Å². The van der Waals surface area contributed by atoms with Gasteiger partial charge in [-0.3, -0.25) is 0 Å². The van der Waals surface area contributed by atoms with E-state index in [2.05, 4.69) is 23.5 Å². The Balaban J connectivity index is 1.70. The van der Waals surface area contributed by atoms with Crippen LogP contribution in [0.3, 0.4) is 0 Å². The van der Waals surface area contributed by atoms with Crippen molar-refractivity contribution in [1.82, 2.24) is 0 Å². The molecular weight excluding hydrogens is 216 g/mol. The number of hydrogen-bond acceptors (Lipinski definition) is 3. The van der Waals surface area contributed by atoms with Crippen molar-refractivity contribution < 1.29 is 0 Å². The highest BCUT2D eigenvalue weighted by atomic mass is 32.2. The minimum absolute atomic E-state index is 0.0879.